The van der Waals surface area contributed by atoms with Crippen LogP contribution in [0.25, 0.3) is 0 Å². The fourth-order valence-corrected chi connectivity index (χ4v) is 4.54. The molecular formula is C13H18O. The van der Waals surface area contributed by atoms with Gasteiger partial charge in [-0.3, -0.25) is 0 Å². The number of hydrogen-bond acceptors (Lipinski definition) is 1. The third-order valence-electron chi connectivity index (χ3n) is 5.29. The normalized spacial score (nSPS) is 54.6. The van der Waals surface area contributed by atoms with Gasteiger partial charge in [0.05, 0.1) is 6.10 Å². The molecule has 1 heteroatoms. The Kier molecular flexibility index (Phi) is 1.60. The second-order valence-corrected chi connectivity index (χ2v) is 5.59. The third-order valence-corrected chi connectivity index (χ3v) is 5.29. The predicted molar refractivity (Wildman–Crippen MR) is 55.5 cm³/mol. The first-order chi connectivity index (χ1) is 6.74. The van der Waals surface area contributed by atoms with E-state index in [9.17, 15) is 5.11 Å². The van der Waals surface area contributed by atoms with Crippen LogP contribution in [0.4, 0.5) is 0 Å². The molecule has 0 aromatic rings. The van der Waals surface area contributed by atoms with Crippen LogP contribution >= 0.6 is 0 Å². The van der Waals surface area contributed by atoms with E-state index in [1.165, 1.54) is 32.1 Å². The minimum atomic E-state index is -0.0148. The zero-order chi connectivity index (χ0) is 9.81. The summed E-state index contributed by atoms with van der Waals surface area (Å²) in [6.07, 6.45) is 13.9. The lowest BCUT2D eigenvalue weighted by atomic mass is 9.64. The Hall–Kier alpha value is -0.480. The van der Waals surface area contributed by atoms with Crippen molar-refractivity contribution in [3.05, 3.63) is 0 Å². The van der Waals surface area contributed by atoms with Gasteiger partial charge >= 0.3 is 0 Å². The predicted octanol–water partition coefficient (Wildman–Crippen LogP) is 2.34. The van der Waals surface area contributed by atoms with Gasteiger partial charge in [0.25, 0.3) is 0 Å². The number of aliphatic hydroxyl groups is 1. The van der Waals surface area contributed by atoms with Crippen LogP contribution in [0.5, 0.6) is 0 Å². The molecule has 3 fully saturated rings. The number of rotatable bonds is 1. The first-order valence-corrected chi connectivity index (χ1v) is 5.86. The Morgan fingerprint density at radius 3 is 3.00 bits per heavy atom. The van der Waals surface area contributed by atoms with Crippen LogP contribution in [-0.4, -0.2) is 11.2 Å². The van der Waals surface area contributed by atoms with Crippen molar-refractivity contribution in [3.63, 3.8) is 0 Å². The Balaban J connectivity index is 1.94. The fraction of sp³-hybridized carbons (Fsp3) is 0.846. The average molecular weight is 190 g/mol. The molecule has 1 spiro atoms. The maximum atomic E-state index is 9.89. The molecule has 4 atom stereocenters. The van der Waals surface area contributed by atoms with E-state index in [1.54, 1.807) is 0 Å². The summed E-state index contributed by atoms with van der Waals surface area (Å²) in [5.41, 5.74) is 0.919. The van der Waals surface area contributed by atoms with Crippen LogP contribution in [0.2, 0.25) is 0 Å². The van der Waals surface area contributed by atoms with Gasteiger partial charge in [0.2, 0.25) is 0 Å². The molecule has 1 N–H and O–H groups in total. The van der Waals surface area contributed by atoms with E-state index < -0.39 is 0 Å². The molecule has 0 amide bonds. The Morgan fingerprint density at radius 2 is 2.21 bits per heavy atom. The van der Waals surface area contributed by atoms with Crippen molar-refractivity contribution in [2.45, 2.75) is 51.0 Å². The first kappa shape index (κ1) is 8.80. The summed E-state index contributed by atoms with van der Waals surface area (Å²) in [6, 6.07) is 0. The van der Waals surface area contributed by atoms with E-state index in [0.29, 0.717) is 16.7 Å². The average Bonchev–Trinajstić information content (AvgIpc) is 2.79. The summed E-state index contributed by atoms with van der Waals surface area (Å²) >= 11 is 0. The molecule has 0 saturated heterocycles. The molecule has 0 aliphatic heterocycles. The molecule has 0 heterocycles. The standard InChI is InChI=1S/C13H18O/c1-2-5-12-6-3-7-13(12)9-10(13)11(14)4-8-12/h1,10-11,14H,3-9H2/t10-,11-,12-,13-/m0/s1. The van der Waals surface area contributed by atoms with Gasteiger partial charge in [-0.2, -0.15) is 0 Å². The molecule has 3 aliphatic rings. The zero-order valence-electron chi connectivity index (χ0n) is 8.63. The molecule has 0 aromatic heterocycles. The lowest BCUT2D eigenvalue weighted by molar-refractivity contribution is 0.0214. The number of aliphatic hydroxyl groups excluding tert-OH is 1. The van der Waals surface area contributed by atoms with Crippen molar-refractivity contribution in [3.8, 4) is 12.3 Å². The van der Waals surface area contributed by atoms with Crippen LogP contribution in [0, 0.1) is 29.1 Å². The van der Waals surface area contributed by atoms with Gasteiger partial charge in [-0.05, 0) is 48.9 Å². The molecule has 0 unspecified atom stereocenters. The van der Waals surface area contributed by atoms with E-state index in [-0.39, 0.29) is 6.10 Å². The first-order valence-electron chi connectivity index (χ1n) is 5.86. The monoisotopic (exact) mass is 190 g/mol. The second kappa shape index (κ2) is 2.55. The van der Waals surface area contributed by atoms with Crippen molar-refractivity contribution >= 4 is 0 Å². The summed E-state index contributed by atoms with van der Waals surface area (Å²) in [4.78, 5) is 0. The molecule has 3 rings (SSSR count). The molecule has 0 radical (unpaired) electrons. The summed E-state index contributed by atoms with van der Waals surface area (Å²) in [5.74, 6) is 3.49. The summed E-state index contributed by atoms with van der Waals surface area (Å²) < 4.78 is 0. The number of terminal acetylenes is 1. The summed E-state index contributed by atoms with van der Waals surface area (Å²) in [7, 11) is 0. The topological polar surface area (TPSA) is 20.2 Å². The minimum Gasteiger partial charge on any atom is -0.393 e. The van der Waals surface area contributed by atoms with Crippen molar-refractivity contribution < 1.29 is 5.11 Å². The molecule has 3 saturated carbocycles. The molecule has 3 aliphatic carbocycles. The quantitative estimate of drug-likeness (QED) is 0.629. The number of hydrogen-bond donors (Lipinski definition) is 1. The molecule has 0 bridgehead atoms. The van der Waals surface area contributed by atoms with Crippen LogP contribution in [0.1, 0.15) is 44.9 Å². The lowest BCUT2D eigenvalue weighted by Crippen LogP contribution is -2.36. The molecule has 0 aromatic carbocycles. The SMILES string of the molecule is C#CC[C@@]12CCC[C@@]13C[C@H]3[C@@H](O)CC2. The summed E-state index contributed by atoms with van der Waals surface area (Å²) in [5, 5.41) is 9.89. The van der Waals surface area contributed by atoms with Gasteiger partial charge in [-0.1, -0.05) is 6.42 Å². The highest BCUT2D eigenvalue weighted by Crippen LogP contribution is 2.77. The van der Waals surface area contributed by atoms with Gasteiger partial charge in [0.1, 0.15) is 0 Å². The minimum absolute atomic E-state index is 0.0148. The van der Waals surface area contributed by atoms with E-state index >= 15 is 0 Å². The maximum Gasteiger partial charge on any atom is 0.0574 e. The van der Waals surface area contributed by atoms with Gasteiger partial charge in [0.15, 0.2) is 0 Å². The molecular weight excluding hydrogens is 172 g/mol. The third kappa shape index (κ3) is 0.816. The lowest BCUT2D eigenvalue weighted by Gasteiger charge is -2.40. The van der Waals surface area contributed by atoms with Crippen molar-refractivity contribution in [1.82, 2.24) is 0 Å². The van der Waals surface area contributed by atoms with Gasteiger partial charge in [-0.15, -0.1) is 12.3 Å². The van der Waals surface area contributed by atoms with Crippen LogP contribution in [0.15, 0.2) is 0 Å². The van der Waals surface area contributed by atoms with Crippen molar-refractivity contribution in [2.24, 2.45) is 16.7 Å². The highest BCUT2D eigenvalue weighted by Gasteiger charge is 2.71. The smallest absolute Gasteiger partial charge is 0.0574 e. The molecule has 1 nitrogen and oxygen atoms in total. The van der Waals surface area contributed by atoms with E-state index in [4.69, 9.17) is 6.42 Å². The van der Waals surface area contributed by atoms with Crippen molar-refractivity contribution in [2.75, 3.05) is 0 Å². The largest absolute Gasteiger partial charge is 0.393 e. The van der Waals surface area contributed by atoms with Crippen LogP contribution < -0.4 is 0 Å². The summed E-state index contributed by atoms with van der Waals surface area (Å²) in [6.45, 7) is 0. The van der Waals surface area contributed by atoms with Crippen LogP contribution in [-0.2, 0) is 0 Å². The molecule has 76 valence electrons. The van der Waals surface area contributed by atoms with E-state index in [1.807, 2.05) is 0 Å². The van der Waals surface area contributed by atoms with E-state index in [2.05, 4.69) is 5.92 Å². The maximum absolute atomic E-state index is 9.89. The Labute approximate surface area is 85.9 Å². The van der Waals surface area contributed by atoms with Gasteiger partial charge in [0, 0.05) is 6.42 Å². The fourth-order valence-electron chi connectivity index (χ4n) is 4.54. The van der Waals surface area contributed by atoms with Crippen molar-refractivity contribution in [1.29, 1.82) is 0 Å². The van der Waals surface area contributed by atoms with Crippen LogP contribution in [0.3, 0.4) is 0 Å². The van der Waals surface area contributed by atoms with Gasteiger partial charge < -0.3 is 5.11 Å². The molecule has 14 heavy (non-hydrogen) atoms. The van der Waals surface area contributed by atoms with Gasteiger partial charge in [-0.25, -0.2) is 0 Å². The zero-order valence-corrected chi connectivity index (χ0v) is 8.63. The Morgan fingerprint density at radius 1 is 1.36 bits per heavy atom. The van der Waals surface area contributed by atoms with E-state index in [0.717, 1.165) is 12.8 Å². The highest BCUT2D eigenvalue weighted by atomic mass is 16.3. The second-order valence-electron chi connectivity index (χ2n) is 5.59. The Bertz CT molecular complexity index is 303. The highest BCUT2D eigenvalue weighted by molar-refractivity contribution is 5.22.